The highest BCUT2D eigenvalue weighted by Crippen LogP contribution is 2.21. The first-order valence-electron chi connectivity index (χ1n) is 7.52. The molecule has 8 heteroatoms. The van der Waals surface area contributed by atoms with Gasteiger partial charge in [-0.3, -0.25) is 10.2 Å². The van der Waals surface area contributed by atoms with E-state index in [-0.39, 0.29) is 23.6 Å². The molecule has 0 atom stereocenters. The molecule has 1 aromatic heterocycles. The van der Waals surface area contributed by atoms with Crippen LogP contribution in [-0.4, -0.2) is 15.6 Å². The highest BCUT2D eigenvalue weighted by molar-refractivity contribution is 5.96. The van der Waals surface area contributed by atoms with Crippen LogP contribution in [0.15, 0.2) is 53.3 Å². The summed E-state index contributed by atoms with van der Waals surface area (Å²) in [6.45, 7) is 0.00852. The molecule has 3 aromatic rings. The number of nitrogens with two attached hydrogens (primary N) is 1. The Morgan fingerprint density at radius 3 is 2.38 bits per heavy atom. The maximum absolute atomic E-state index is 13.4. The number of nitrogen functional groups attached to an aromatic ring is 1. The number of hydrogen-bond donors (Lipinski definition) is 2. The molecule has 0 spiro atoms. The highest BCUT2D eigenvalue weighted by atomic mass is 19.2. The second-order valence-corrected chi connectivity index (χ2v) is 5.54. The molecule has 0 saturated heterocycles. The van der Waals surface area contributed by atoms with Gasteiger partial charge in [-0.1, -0.05) is 24.3 Å². The molecule has 1 heterocycles. The lowest BCUT2D eigenvalue weighted by molar-refractivity contribution is 0.447. The molecule has 0 saturated carbocycles. The number of nitrogens with zero attached hydrogens (tertiary/aromatic N) is 2. The van der Waals surface area contributed by atoms with E-state index in [1.807, 2.05) is 0 Å². The van der Waals surface area contributed by atoms with Gasteiger partial charge in [-0.2, -0.15) is 5.10 Å². The molecule has 3 rings (SSSR count). The van der Waals surface area contributed by atoms with E-state index in [0.29, 0.717) is 11.1 Å². The molecule has 3 N–H and O–H groups in total. The van der Waals surface area contributed by atoms with Gasteiger partial charge in [0, 0.05) is 17.2 Å². The Bertz CT molecular complexity index is 1040. The number of halogens is 3. The Labute approximate surface area is 146 Å². The van der Waals surface area contributed by atoms with Crippen molar-refractivity contribution in [2.75, 3.05) is 0 Å². The highest BCUT2D eigenvalue weighted by Gasteiger charge is 2.14. The van der Waals surface area contributed by atoms with Crippen molar-refractivity contribution in [2.45, 2.75) is 6.54 Å². The first kappa shape index (κ1) is 17.4. The molecule has 0 fully saturated rings. The molecule has 0 radical (unpaired) electrons. The molecule has 0 unspecified atom stereocenters. The normalized spacial score (nSPS) is 10.7. The quantitative estimate of drug-likeness (QED) is 0.427. The average Bonchev–Trinajstić information content (AvgIpc) is 2.61. The zero-order valence-corrected chi connectivity index (χ0v) is 13.3. The molecule has 0 aliphatic heterocycles. The van der Waals surface area contributed by atoms with E-state index in [4.69, 9.17) is 11.1 Å². The number of rotatable bonds is 4. The van der Waals surface area contributed by atoms with Crippen molar-refractivity contribution in [1.82, 2.24) is 9.78 Å². The van der Waals surface area contributed by atoms with Gasteiger partial charge >= 0.3 is 0 Å². The van der Waals surface area contributed by atoms with E-state index in [0.717, 1.165) is 16.8 Å². The van der Waals surface area contributed by atoms with Crippen LogP contribution >= 0.6 is 0 Å². The third-order valence-electron chi connectivity index (χ3n) is 3.77. The van der Waals surface area contributed by atoms with Crippen LogP contribution in [0.1, 0.15) is 11.1 Å². The van der Waals surface area contributed by atoms with Gasteiger partial charge in [0.1, 0.15) is 5.84 Å². The molecule has 5 nitrogen and oxygen atoms in total. The fourth-order valence-corrected chi connectivity index (χ4v) is 2.50. The summed E-state index contributed by atoms with van der Waals surface area (Å²) in [5.74, 6) is -4.42. The molecule has 0 amide bonds. The Morgan fingerprint density at radius 2 is 1.73 bits per heavy atom. The van der Waals surface area contributed by atoms with Gasteiger partial charge < -0.3 is 5.73 Å². The molecule has 132 valence electrons. The Morgan fingerprint density at radius 1 is 1.08 bits per heavy atom. The predicted molar refractivity (Wildman–Crippen MR) is 90.4 cm³/mol. The van der Waals surface area contributed by atoms with Crippen molar-refractivity contribution in [3.8, 4) is 11.3 Å². The number of hydrogen-bond acceptors (Lipinski definition) is 3. The average molecular weight is 358 g/mol. The fourth-order valence-electron chi connectivity index (χ4n) is 2.50. The lowest BCUT2D eigenvalue weighted by Crippen LogP contribution is -2.24. The van der Waals surface area contributed by atoms with Crippen molar-refractivity contribution in [3.63, 3.8) is 0 Å². The zero-order valence-electron chi connectivity index (χ0n) is 13.3. The van der Waals surface area contributed by atoms with Gasteiger partial charge in [-0.05, 0) is 23.8 Å². The summed E-state index contributed by atoms with van der Waals surface area (Å²) < 4.78 is 41.1. The van der Waals surface area contributed by atoms with Crippen LogP contribution in [0.2, 0.25) is 0 Å². The summed E-state index contributed by atoms with van der Waals surface area (Å²) in [5.41, 5.74) is 6.21. The van der Waals surface area contributed by atoms with Crippen molar-refractivity contribution in [2.24, 2.45) is 5.73 Å². The lowest BCUT2D eigenvalue weighted by atomic mass is 10.1. The second-order valence-electron chi connectivity index (χ2n) is 5.54. The van der Waals surface area contributed by atoms with Crippen LogP contribution in [-0.2, 0) is 6.54 Å². The molecular formula is C18H13F3N4O. The third kappa shape index (κ3) is 3.34. The minimum atomic E-state index is -1.57. The van der Waals surface area contributed by atoms with E-state index >= 15 is 0 Å². The summed E-state index contributed by atoms with van der Waals surface area (Å²) in [5, 5.41) is 11.7. The molecule has 0 bridgehead atoms. The number of amidine groups is 1. The van der Waals surface area contributed by atoms with Crippen LogP contribution in [0, 0.1) is 22.9 Å². The smallest absolute Gasteiger partial charge is 0.267 e. The minimum absolute atomic E-state index is 0.00463. The Hall–Kier alpha value is -3.42. The maximum Gasteiger partial charge on any atom is 0.267 e. The molecule has 0 aliphatic carbocycles. The van der Waals surface area contributed by atoms with Crippen LogP contribution < -0.4 is 11.3 Å². The standard InChI is InChI=1S/C18H13F3N4O/c19-13-7-11(8-14(20)17(13)21)15-5-6-16(26)25(24-15)9-10-3-1-2-4-12(10)18(22)23/h1-8H,9H2,(H3,22,23). The predicted octanol–water partition coefficient (Wildman–Crippen LogP) is 2.66. The zero-order chi connectivity index (χ0) is 18.8. The third-order valence-corrected chi connectivity index (χ3v) is 3.77. The van der Waals surface area contributed by atoms with Crippen molar-refractivity contribution < 1.29 is 13.2 Å². The number of benzene rings is 2. The minimum Gasteiger partial charge on any atom is -0.384 e. The largest absolute Gasteiger partial charge is 0.384 e. The van der Waals surface area contributed by atoms with Gasteiger partial charge in [-0.25, -0.2) is 17.9 Å². The van der Waals surface area contributed by atoms with Crippen LogP contribution in [0.25, 0.3) is 11.3 Å². The van der Waals surface area contributed by atoms with E-state index < -0.39 is 23.0 Å². The Balaban J connectivity index is 2.05. The van der Waals surface area contributed by atoms with Crippen molar-refractivity contribution >= 4 is 5.84 Å². The molecule has 2 aromatic carbocycles. The fraction of sp³-hybridized carbons (Fsp3) is 0.0556. The number of aromatic nitrogens is 2. The van der Waals surface area contributed by atoms with E-state index in [1.165, 1.54) is 12.1 Å². The summed E-state index contributed by atoms with van der Waals surface area (Å²) in [6.07, 6.45) is 0. The van der Waals surface area contributed by atoms with Gasteiger partial charge in [0.2, 0.25) is 0 Å². The second kappa shape index (κ2) is 6.83. The topological polar surface area (TPSA) is 84.8 Å². The van der Waals surface area contributed by atoms with Gasteiger partial charge in [0.15, 0.2) is 17.5 Å². The van der Waals surface area contributed by atoms with E-state index in [2.05, 4.69) is 5.10 Å². The molecule has 0 aliphatic rings. The molecule has 26 heavy (non-hydrogen) atoms. The van der Waals surface area contributed by atoms with Gasteiger partial charge in [-0.15, -0.1) is 0 Å². The van der Waals surface area contributed by atoms with Crippen molar-refractivity contribution in [3.05, 3.63) is 87.5 Å². The van der Waals surface area contributed by atoms with Crippen LogP contribution in [0.5, 0.6) is 0 Å². The molecular weight excluding hydrogens is 345 g/mol. The van der Waals surface area contributed by atoms with Gasteiger partial charge in [0.25, 0.3) is 5.56 Å². The van der Waals surface area contributed by atoms with Crippen LogP contribution in [0.4, 0.5) is 13.2 Å². The maximum atomic E-state index is 13.4. The first-order chi connectivity index (χ1) is 12.4. The van der Waals surface area contributed by atoms with Gasteiger partial charge in [0.05, 0.1) is 12.2 Å². The monoisotopic (exact) mass is 358 g/mol. The summed E-state index contributed by atoms with van der Waals surface area (Å²) in [7, 11) is 0. The van der Waals surface area contributed by atoms with E-state index in [1.54, 1.807) is 24.3 Å². The van der Waals surface area contributed by atoms with Crippen molar-refractivity contribution in [1.29, 1.82) is 5.41 Å². The van der Waals surface area contributed by atoms with Crippen LogP contribution in [0.3, 0.4) is 0 Å². The first-order valence-corrected chi connectivity index (χ1v) is 7.52. The lowest BCUT2D eigenvalue weighted by Gasteiger charge is -2.11. The summed E-state index contributed by atoms with van der Waals surface area (Å²) >= 11 is 0. The summed E-state index contributed by atoms with van der Waals surface area (Å²) in [6, 6.07) is 10.8. The van der Waals surface area contributed by atoms with E-state index in [9.17, 15) is 18.0 Å². The summed E-state index contributed by atoms with van der Waals surface area (Å²) in [4.78, 5) is 12.1. The Kier molecular flexibility index (Phi) is 4.57. The SMILES string of the molecule is N=C(N)c1ccccc1Cn1nc(-c2cc(F)c(F)c(F)c2)ccc1=O. The number of nitrogens with one attached hydrogen (secondary N) is 1.